The maximum absolute atomic E-state index is 12.4. The molecule has 1 heterocycles. The number of hydrogen-bond donors (Lipinski definition) is 1. The largest absolute Gasteiger partial charge is 0.383 e. The average molecular weight is 303 g/mol. The number of carbonyl (C=O) groups is 1. The number of aromatic nitrogens is 1. The van der Waals surface area contributed by atoms with Crippen molar-refractivity contribution in [2.45, 2.75) is 25.8 Å². The molecule has 0 bridgehead atoms. The molecule has 0 saturated carbocycles. The van der Waals surface area contributed by atoms with E-state index in [-0.39, 0.29) is 6.03 Å². The molecule has 2 rings (SSSR count). The fourth-order valence-electron chi connectivity index (χ4n) is 2.55. The van der Waals surface area contributed by atoms with Crippen molar-refractivity contribution in [2.75, 3.05) is 26.8 Å². The molecule has 1 atom stereocenters. The van der Waals surface area contributed by atoms with E-state index in [0.717, 1.165) is 31.4 Å². The van der Waals surface area contributed by atoms with Crippen LogP contribution in [0.3, 0.4) is 0 Å². The molecule has 1 aromatic rings. The highest BCUT2D eigenvalue weighted by Crippen LogP contribution is 2.17. The molecule has 2 amide bonds. The van der Waals surface area contributed by atoms with Gasteiger partial charge in [-0.05, 0) is 36.8 Å². The van der Waals surface area contributed by atoms with E-state index in [1.165, 1.54) is 0 Å². The molecule has 1 aliphatic carbocycles. The minimum absolute atomic E-state index is 0.0320. The Morgan fingerprint density at radius 1 is 1.50 bits per heavy atom. The molecule has 1 N–H and O–H groups in total. The number of amides is 2. The van der Waals surface area contributed by atoms with E-state index in [4.69, 9.17) is 4.74 Å². The van der Waals surface area contributed by atoms with E-state index in [2.05, 4.69) is 22.5 Å². The Morgan fingerprint density at radius 3 is 3.09 bits per heavy atom. The summed E-state index contributed by atoms with van der Waals surface area (Å²) in [6.45, 7) is 2.38. The number of urea groups is 1. The van der Waals surface area contributed by atoms with Crippen molar-refractivity contribution in [3.8, 4) is 0 Å². The van der Waals surface area contributed by atoms with E-state index < -0.39 is 0 Å². The third-order valence-electron chi connectivity index (χ3n) is 3.87. The van der Waals surface area contributed by atoms with E-state index in [9.17, 15) is 4.79 Å². The van der Waals surface area contributed by atoms with Crippen molar-refractivity contribution in [3.05, 3.63) is 42.2 Å². The molecular formula is C17H25N3O2. The lowest BCUT2D eigenvalue weighted by molar-refractivity contribution is 0.145. The first kappa shape index (κ1) is 16.5. The van der Waals surface area contributed by atoms with Crippen LogP contribution < -0.4 is 5.32 Å². The van der Waals surface area contributed by atoms with Gasteiger partial charge in [0.25, 0.3) is 0 Å². The number of nitrogens with zero attached hydrogens (tertiary/aromatic N) is 2. The normalized spacial score (nSPS) is 17.2. The van der Waals surface area contributed by atoms with E-state index in [1.54, 1.807) is 24.4 Å². The molecule has 0 unspecified atom stereocenters. The SMILES string of the molecule is COCCN(Cc1cccnc1)C(=O)NC[C@H]1CC=CCC1. The maximum atomic E-state index is 12.4. The van der Waals surface area contributed by atoms with Crippen molar-refractivity contribution in [1.29, 1.82) is 0 Å². The zero-order valence-electron chi connectivity index (χ0n) is 13.2. The Labute approximate surface area is 132 Å². The van der Waals surface area contributed by atoms with E-state index >= 15 is 0 Å². The van der Waals surface area contributed by atoms with Crippen LogP contribution in [0, 0.1) is 5.92 Å². The third kappa shape index (κ3) is 5.48. The van der Waals surface area contributed by atoms with Gasteiger partial charge in [-0.3, -0.25) is 4.98 Å². The highest BCUT2D eigenvalue weighted by Gasteiger charge is 2.16. The molecule has 0 aliphatic heterocycles. The van der Waals surface area contributed by atoms with Crippen molar-refractivity contribution < 1.29 is 9.53 Å². The minimum atomic E-state index is -0.0320. The second-order valence-electron chi connectivity index (χ2n) is 5.61. The van der Waals surface area contributed by atoms with Crippen molar-refractivity contribution in [1.82, 2.24) is 15.2 Å². The molecule has 0 fully saturated rings. The summed E-state index contributed by atoms with van der Waals surface area (Å²) in [5.41, 5.74) is 1.02. The topological polar surface area (TPSA) is 54.5 Å². The van der Waals surface area contributed by atoms with Gasteiger partial charge in [-0.25, -0.2) is 4.79 Å². The molecule has 0 saturated heterocycles. The van der Waals surface area contributed by atoms with Crippen LogP contribution >= 0.6 is 0 Å². The quantitative estimate of drug-likeness (QED) is 0.788. The predicted molar refractivity (Wildman–Crippen MR) is 86.4 cm³/mol. The van der Waals surface area contributed by atoms with Crippen molar-refractivity contribution >= 4 is 6.03 Å². The molecule has 5 heteroatoms. The minimum Gasteiger partial charge on any atom is -0.383 e. The maximum Gasteiger partial charge on any atom is 0.317 e. The van der Waals surface area contributed by atoms with Crippen LogP contribution in [0.5, 0.6) is 0 Å². The molecule has 0 radical (unpaired) electrons. The van der Waals surface area contributed by atoms with Crippen molar-refractivity contribution in [3.63, 3.8) is 0 Å². The Hall–Kier alpha value is -1.88. The number of carbonyl (C=O) groups excluding carboxylic acids is 1. The van der Waals surface area contributed by atoms with Gasteiger partial charge in [0.2, 0.25) is 0 Å². The second-order valence-corrected chi connectivity index (χ2v) is 5.61. The van der Waals surface area contributed by atoms with Crippen LogP contribution in [0.15, 0.2) is 36.7 Å². The average Bonchev–Trinajstić information content (AvgIpc) is 2.58. The van der Waals surface area contributed by atoms with Gasteiger partial charge in [-0.2, -0.15) is 0 Å². The summed E-state index contributed by atoms with van der Waals surface area (Å²) in [6, 6.07) is 3.83. The van der Waals surface area contributed by atoms with Crippen LogP contribution in [0.2, 0.25) is 0 Å². The fraction of sp³-hybridized carbons (Fsp3) is 0.529. The van der Waals surface area contributed by atoms with Gasteiger partial charge in [-0.1, -0.05) is 18.2 Å². The fourth-order valence-corrected chi connectivity index (χ4v) is 2.55. The molecule has 120 valence electrons. The smallest absolute Gasteiger partial charge is 0.317 e. The van der Waals surface area contributed by atoms with Crippen LogP contribution in [-0.2, 0) is 11.3 Å². The lowest BCUT2D eigenvalue weighted by Crippen LogP contribution is -2.43. The number of rotatable bonds is 7. The molecule has 0 aromatic carbocycles. The van der Waals surface area contributed by atoms with Crippen LogP contribution in [0.1, 0.15) is 24.8 Å². The summed E-state index contributed by atoms with van der Waals surface area (Å²) in [5, 5.41) is 3.06. The molecule has 1 aliphatic rings. The standard InChI is InChI=1S/C17H25N3O2/c1-22-11-10-20(14-16-8-5-9-18-12-16)17(21)19-13-15-6-3-2-4-7-15/h2-3,5,8-9,12,15H,4,6-7,10-11,13-14H2,1H3,(H,19,21)/t15-/m0/s1. The Balaban J connectivity index is 1.86. The van der Waals surface area contributed by atoms with Gasteiger partial charge < -0.3 is 15.0 Å². The second kappa shape index (κ2) is 9.20. The lowest BCUT2D eigenvalue weighted by atomic mass is 9.94. The summed E-state index contributed by atoms with van der Waals surface area (Å²) in [5.74, 6) is 0.552. The molecule has 1 aromatic heterocycles. The molecule has 5 nitrogen and oxygen atoms in total. The number of nitrogens with one attached hydrogen (secondary N) is 1. The van der Waals surface area contributed by atoms with Gasteiger partial charge >= 0.3 is 6.03 Å². The number of methoxy groups -OCH3 is 1. The summed E-state index contributed by atoms with van der Waals surface area (Å²) in [7, 11) is 1.65. The van der Waals surface area contributed by atoms with Gasteiger partial charge in [0.1, 0.15) is 0 Å². The monoisotopic (exact) mass is 303 g/mol. The van der Waals surface area contributed by atoms with Crippen molar-refractivity contribution in [2.24, 2.45) is 5.92 Å². The van der Waals surface area contributed by atoms with Gasteiger partial charge in [-0.15, -0.1) is 0 Å². The first-order valence-corrected chi connectivity index (χ1v) is 7.85. The summed E-state index contributed by atoms with van der Waals surface area (Å²) in [6.07, 6.45) is 11.3. The number of hydrogen-bond acceptors (Lipinski definition) is 3. The van der Waals surface area contributed by atoms with Crippen LogP contribution in [0.25, 0.3) is 0 Å². The van der Waals surface area contributed by atoms with Gasteiger partial charge in [0.05, 0.1) is 6.61 Å². The molecule has 0 spiro atoms. The van der Waals surface area contributed by atoms with Crippen LogP contribution in [0.4, 0.5) is 4.79 Å². The molecule has 22 heavy (non-hydrogen) atoms. The van der Waals surface area contributed by atoms with Gasteiger partial charge in [0.15, 0.2) is 0 Å². The van der Waals surface area contributed by atoms with E-state index in [1.807, 2.05) is 12.1 Å². The Kier molecular flexibility index (Phi) is 6.90. The zero-order valence-corrected chi connectivity index (χ0v) is 13.2. The van der Waals surface area contributed by atoms with E-state index in [0.29, 0.717) is 25.6 Å². The summed E-state index contributed by atoms with van der Waals surface area (Å²) in [4.78, 5) is 18.3. The van der Waals surface area contributed by atoms with Gasteiger partial charge in [0, 0.05) is 39.1 Å². The Morgan fingerprint density at radius 2 is 2.41 bits per heavy atom. The number of ether oxygens (including phenoxy) is 1. The summed E-state index contributed by atoms with van der Waals surface area (Å²) >= 11 is 0. The first-order valence-electron chi connectivity index (χ1n) is 7.85. The third-order valence-corrected chi connectivity index (χ3v) is 3.87. The predicted octanol–water partition coefficient (Wildman–Crippen LogP) is 2.60. The zero-order chi connectivity index (χ0) is 15.6. The highest BCUT2D eigenvalue weighted by molar-refractivity contribution is 5.74. The van der Waals surface area contributed by atoms with Crippen LogP contribution in [-0.4, -0.2) is 42.7 Å². The Bertz CT molecular complexity index is 476. The highest BCUT2D eigenvalue weighted by atomic mass is 16.5. The number of allylic oxidation sites excluding steroid dienone is 2. The summed E-state index contributed by atoms with van der Waals surface area (Å²) < 4.78 is 5.11. The lowest BCUT2D eigenvalue weighted by Gasteiger charge is -2.25. The first-order chi connectivity index (χ1) is 10.8. The molecular weight excluding hydrogens is 278 g/mol. The number of pyridine rings is 1.